The van der Waals surface area contributed by atoms with Gasteiger partial charge in [-0.2, -0.15) is 8.78 Å². The van der Waals surface area contributed by atoms with Crippen LogP contribution in [0.15, 0.2) is 53.7 Å². The van der Waals surface area contributed by atoms with Gasteiger partial charge in [-0.05, 0) is 48.5 Å². The summed E-state index contributed by atoms with van der Waals surface area (Å²) in [5.41, 5.74) is 1.22. The van der Waals surface area contributed by atoms with E-state index in [9.17, 15) is 13.6 Å². The smallest absolute Gasteiger partial charge is 0.387 e. The van der Waals surface area contributed by atoms with Crippen molar-refractivity contribution in [1.82, 2.24) is 15.2 Å². The number of carbonyl (C=O) groups is 1. The molecule has 0 aliphatic carbocycles. The number of rotatable bonds is 7. The summed E-state index contributed by atoms with van der Waals surface area (Å²) in [6, 6.07) is 12.7. The van der Waals surface area contributed by atoms with Crippen molar-refractivity contribution in [3.05, 3.63) is 59.1 Å². The van der Waals surface area contributed by atoms with Crippen LogP contribution >= 0.6 is 23.4 Å². The van der Waals surface area contributed by atoms with E-state index >= 15 is 0 Å². The second kappa shape index (κ2) is 8.29. The number of aromatic nitrogens is 3. The molecule has 2 aromatic carbocycles. The third-order valence-corrected chi connectivity index (χ3v) is 4.42. The predicted octanol–water partition coefficient (Wildman–Crippen LogP) is 4.70. The summed E-state index contributed by atoms with van der Waals surface area (Å²) < 4.78 is 28.5. The molecule has 0 bridgehead atoms. The Hall–Kier alpha value is -2.45. The highest BCUT2D eigenvalue weighted by Crippen LogP contribution is 2.22. The summed E-state index contributed by atoms with van der Waals surface area (Å²) in [6.45, 7) is -2.90. The Morgan fingerprint density at radius 2 is 1.85 bits per heavy atom. The Morgan fingerprint density at radius 1 is 1.15 bits per heavy atom. The first-order chi connectivity index (χ1) is 12.5. The molecule has 9 heteroatoms. The maximum atomic E-state index is 12.2. The van der Waals surface area contributed by atoms with Crippen LogP contribution in [0.4, 0.5) is 8.78 Å². The molecule has 1 N–H and O–H groups in total. The van der Waals surface area contributed by atoms with E-state index in [0.717, 1.165) is 5.56 Å². The molecule has 1 heterocycles. The SMILES string of the molecule is O=C(CSc1n[nH]c(-c2ccc(Cl)cc2)n1)c1ccc(OC(F)F)cc1. The van der Waals surface area contributed by atoms with Crippen molar-refractivity contribution in [2.75, 3.05) is 5.75 Å². The number of nitrogens with zero attached hydrogens (tertiary/aromatic N) is 2. The van der Waals surface area contributed by atoms with E-state index in [4.69, 9.17) is 11.6 Å². The van der Waals surface area contributed by atoms with Crippen LogP contribution in [-0.2, 0) is 0 Å². The molecular weight excluding hydrogens is 384 g/mol. The number of alkyl halides is 2. The number of aromatic amines is 1. The van der Waals surface area contributed by atoms with Gasteiger partial charge in [-0.1, -0.05) is 23.4 Å². The number of ketones is 1. The average Bonchev–Trinajstić information content (AvgIpc) is 3.09. The van der Waals surface area contributed by atoms with E-state index in [0.29, 0.717) is 21.6 Å². The van der Waals surface area contributed by atoms with Gasteiger partial charge >= 0.3 is 6.61 Å². The maximum absolute atomic E-state index is 12.2. The van der Waals surface area contributed by atoms with Gasteiger partial charge in [0.2, 0.25) is 5.16 Å². The van der Waals surface area contributed by atoms with Gasteiger partial charge in [0.1, 0.15) is 5.75 Å². The molecule has 0 saturated heterocycles. The van der Waals surface area contributed by atoms with Crippen molar-refractivity contribution in [1.29, 1.82) is 0 Å². The maximum Gasteiger partial charge on any atom is 0.387 e. The monoisotopic (exact) mass is 395 g/mol. The summed E-state index contributed by atoms with van der Waals surface area (Å²) in [5.74, 6) is 0.528. The van der Waals surface area contributed by atoms with Crippen LogP contribution in [0, 0.1) is 0 Å². The van der Waals surface area contributed by atoms with Crippen LogP contribution in [0.1, 0.15) is 10.4 Å². The lowest BCUT2D eigenvalue weighted by molar-refractivity contribution is -0.0498. The zero-order valence-corrected chi connectivity index (χ0v) is 14.7. The van der Waals surface area contributed by atoms with Crippen molar-refractivity contribution >= 4 is 29.1 Å². The number of ether oxygens (including phenoxy) is 1. The van der Waals surface area contributed by atoms with E-state index in [1.54, 1.807) is 12.1 Å². The van der Waals surface area contributed by atoms with Gasteiger partial charge in [0, 0.05) is 16.1 Å². The van der Waals surface area contributed by atoms with Crippen LogP contribution in [-0.4, -0.2) is 33.3 Å². The minimum atomic E-state index is -2.90. The van der Waals surface area contributed by atoms with Crippen molar-refractivity contribution in [3.8, 4) is 17.1 Å². The first-order valence-electron chi connectivity index (χ1n) is 7.40. The fraction of sp³-hybridized carbons (Fsp3) is 0.118. The lowest BCUT2D eigenvalue weighted by Crippen LogP contribution is -2.04. The van der Waals surface area contributed by atoms with Crippen LogP contribution in [0.5, 0.6) is 5.75 Å². The highest BCUT2D eigenvalue weighted by atomic mass is 35.5. The zero-order valence-electron chi connectivity index (χ0n) is 13.2. The Labute approximate surface area is 156 Å². The molecule has 3 rings (SSSR count). The molecule has 0 saturated carbocycles. The third-order valence-electron chi connectivity index (χ3n) is 3.32. The molecule has 0 fully saturated rings. The Morgan fingerprint density at radius 3 is 2.50 bits per heavy atom. The number of hydrogen-bond acceptors (Lipinski definition) is 5. The van der Waals surface area contributed by atoms with E-state index in [-0.39, 0.29) is 17.3 Å². The fourth-order valence-corrected chi connectivity index (χ4v) is 2.90. The van der Waals surface area contributed by atoms with Crippen molar-refractivity contribution in [2.45, 2.75) is 11.8 Å². The summed E-state index contributed by atoms with van der Waals surface area (Å²) in [5, 5.41) is 7.93. The molecule has 1 aromatic heterocycles. The highest BCUT2D eigenvalue weighted by Gasteiger charge is 2.12. The van der Waals surface area contributed by atoms with Crippen LogP contribution < -0.4 is 4.74 Å². The Kier molecular flexibility index (Phi) is 5.85. The second-order valence-corrected chi connectivity index (χ2v) is 6.47. The second-order valence-electron chi connectivity index (χ2n) is 5.09. The number of benzene rings is 2. The molecule has 0 aliphatic rings. The van der Waals surface area contributed by atoms with Crippen LogP contribution in [0.2, 0.25) is 5.02 Å². The molecule has 0 aliphatic heterocycles. The lowest BCUT2D eigenvalue weighted by Gasteiger charge is -2.04. The molecule has 0 radical (unpaired) electrons. The molecule has 5 nitrogen and oxygen atoms in total. The largest absolute Gasteiger partial charge is 0.435 e. The Balaban J connectivity index is 1.58. The molecule has 0 amide bonds. The van der Waals surface area contributed by atoms with E-state index < -0.39 is 6.61 Å². The fourth-order valence-electron chi connectivity index (χ4n) is 2.08. The number of carbonyl (C=O) groups excluding carboxylic acids is 1. The standard InChI is InChI=1S/C17H12ClF2N3O2S/c18-12-5-1-11(2-6-12)15-21-17(23-22-15)26-9-14(24)10-3-7-13(8-4-10)25-16(19)20/h1-8,16H,9H2,(H,21,22,23). The van der Waals surface area contributed by atoms with Gasteiger partial charge in [-0.3, -0.25) is 9.89 Å². The average molecular weight is 396 g/mol. The van der Waals surface area contributed by atoms with Gasteiger partial charge < -0.3 is 4.74 Å². The summed E-state index contributed by atoms with van der Waals surface area (Å²) in [6.07, 6.45) is 0. The summed E-state index contributed by atoms with van der Waals surface area (Å²) in [7, 11) is 0. The molecule has 0 atom stereocenters. The number of thioether (sulfide) groups is 1. The van der Waals surface area contributed by atoms with Crippen molar-refractivity contribution < 1.29 is 18.3 Å². The molecular formula is C17H12ClF2N3O2S. The number of hydrogen-bond donors (Lipinski definition) is 1. The number of halogens is 3. The number of nitrogens with one attached hydrogen (secondary N) is 1. The Bertz CT molecular complexity index is 886. The van der Waals surface area contributed by atoms with Gasteiger partial charge in [-0.15, -0.1) is 5.10 Å². The molecule has 134 valence electrons. The van der Waals surface area contributed by atoms with Gasteiger partial charge in [-0.25, -0.2) is 4.98 Å². The van der Waals surface area contributed by atoms with E-state index in [1.807, 2.05) is 12.1 Å². The molecule has 3 aromatic rings. The zero-order chi connectivity index (χ0) is 18.5. The summed E-state index contributed by atoms with van der Waals surface area (Å²) in [4.78, 5) is 16.5. The molecule has 0 unspecified atom stereocenters. The number of Topliss-reactive ketones (excluding diaryl/α,β-unsaturated/α-hetero) is 1. The van der Waals surface area contributed by atoms with Gasteiger partial charge in [0.15, 0.2) is 11.6 Å². The first kappa shape index (κ1) is 18.3. The quantitative estimate of drug-likeness (QED) is 0.464. The topological polar surface area (TPSA) is 67.9 Å². The third kappa shape index (κ3) is 4.80. The normalized spacial score (nSPS) is 10.9. The predicted molar refractivity (Wildman–Crippen MR) is 95.0 cm³/mol. The van der Waals surface area contributed by atoms with E-state index in [1.165, 1.54) is 36.0 Å². The van der Waals surface area contributed by atoms with Crippen molar-refractivity contribution in [3.63, 3.8) is 0 Å². The molecule has 0 spiro atoms. The lowest BCUT2D eigenvalue weighted by atomic mass is 10.1. The van der Waals surface area contributed by atoms with Gasteiger partial charge in [0.05, 0.1) is 5.75 Å². The summed E-state index contributed by atoms with van der Waals surface area (Å²) >= 11 is 7.03. The number of H-pyrrole nitrogens is 1. The van der Waals surface area contributed by atoms with E-state index in [2.05, 4.69) is 19.9 Å². The van der Waals surface area contributed by atoms with Crippen LogP contribution in [0.3, 0.4) is 0 Å². The van der Waals surface area contributed by atoms with Gasteiger partial charge in [0.25, 0.3) is 0 Å². The minimum Gasteiger partial charge on any atom is -0.435 e. The van der Waals surface area contributed by atoms with Crippen molar-refractivity contribution in [2.24, 2.45) is 0 Å². The highest BCUT2D eigenvalue weighted by molar-refractivity contribution is 7.99. The first-order valence-corrected chi connectivity index (χ1v) is 8.77. The minimum absolute atomic E-state index is 0.00535. The van der Waals surface area contributed by atoms with Crippen LogP contribution in [0.25, 0.3) is 11.4 Å². The molecule has 26 heavy (non-hydrogen) atoms.